The van der Waals surface area contributed by atoms with Crippen molar-refractivity contribution in [2.75, 3.05) is 6.61 Å². The van der Waals surface area contributed by atoms with Crippen LogP contribution in [0.4, 0.5) is 13.2 Å². The number of hydrogen-bond acceptors (Lipinski definition) is 3. The van der Waals surface area contributed by atoms with Crippen LogP contribution in [0.2, 0.25) is 0 Å². The van der Waals surface area contributed by atoms with Crippen LogP contribution in [-0.4, -0.2) is 38.9 Å². The molecule has 0 unspecified atom stereocenters. The Hall–Kier alpha value is -3.00. The Kier molecular flexibility index (Phi) is 7.84. The third-order valence-corrected chi connectivity index (χ3v) is 6.74. The van der Waals surface area contributed by atoms with Crippen LogP contribution in [0.1, 0.15) is 64.1 Å². The molecule has 0 fully saturated rings. The summed E-state index contributed by atoms with van der Waals surface area (Å²) in [6.07, 6.45) is -2.44. The lowest BCUT2D eigenvalue weighted by molar-refractivity contribution is -0.137. The maximum atomic E-state index is 13.8. The highest BCUT2D eigenvalue weighted by molar-refractivity contribution is 5.94. The number of fused-ring (bicyclic) bond motifs is 1. The molecule has 0 saturated heterocycles. The van der Waals surface area contributed by atoms with E-state index in [-0.39, 0.29) is 44.5 Å². The molecule has 1 heterocycles. The van der Waals surface area contributed by atoms with Crippen molar-refractivity contribution in [3.63, 3.8) is 0 Å². The topological polar surface area (TPSA) is 82.7 Å². The molecule has 0 spiro atoms. The monoisotopic (exact) mass is 491 g/mol. The number of benzene rings is 2. The van der Waals surface area contributed by atoms with Crippen molar-refractivity contribution in [3.05, 3.63) is 59.5 Å². The average molecular weight is 492 g/mol. The maximum Gasteiger partial charge on any atom is 0.303 e. The van der Waals surface area contributed by atoms with Gasteiger partial charge in [-0.3, -0.25) is 4.79 Å². The zero-order chi connectivity index (χ0) is 26.0. The van der Waals surface area contributed by atoms with Gasteiger partial charge < -0.3 is 19.9 Å². The second-order valence-corrected chi connectivity index (χ2v) is 9.99. The number of halogens is 3. The average Bonchev–Trinajstić information content (AvgIpc) is 3.16. The van der Waals surface area contributed by atoms with Gasteiger partial charge in [-0.05, 0) is 66.6 Å². The summed E-state index contributed by atoms with van der Waals surface area (Å²) in [5.41, 5.74) is 0.647. The van der Waals surface area contributed by atoms with E-state index < -0.39 is 29.0 Å². The number of phenols is 1. The summed E-state index contributed by atoms with van der Waals surface area (Å²) in [4.78, 5) is 11.5. The lowest BCUT2D eigenvalue weighted by atomic mass is 9.70. The quantitative estimate of drug-likeness (QED) is 0.294. The highest BCUT2D eigenvalue weighted by Gasteiger charge is 2.40. The van der Waals surface area contributed by atoms with E-state index in [0.717, 1.165) is 0 Å². The maximum absolute atomic E-state index is 13.8. The Balaban J connectivity index is 2.42. The molecule has 0 bridgehead atoms. The third-order valence-electron chi connectivity index (χ3n) is 6.74. The molecule has 1 atom stereocenters. The first kappa shape index (κ1) is 26.6. The summed E-state index contributed by atoms with van der Waals surface area (Å²) in [6.45, 7) is 5.19. The standard InChI is InChI=1S/C27H32F3NO4/c1-26(2,16-32)25-24(27(3,15-13-22(34)35)14-5-8-21(29)30)23-19(6-4-7-20(23)33)31(25)18-11-9-17(28)10-12-18/h4,6-7,9-12,21,32-33H,5,8,13-16H2,1-3H3,(H,34,35)/t27-/m1/s1. The minimum Gasteiger partial charge on any atom is -0.507 e. The number of carboxylic acids is 1. The van der Waals surface area contributed by atoms with Crippen LogP contribution >= 0.6 is 0 Å². The number of aromatic nitrogens is 1. The fourth-order valence-corrected chi connectivity index (χ4v) is 4.89. The van der Waals surface area contributed by atoms with Gasteiger partial charge in [0.25, 0.3) is 0 Å². The number of phenolic OH excluding ortho intramolecular Hbond substituents is 1. The van der Waals surface area contributed by atoms with Gasteiger partial charge in [0.15, 0.2) is 0 Å². The van der Waals surface area contributed by atoms with E-state index >= 15 is 0 Å². The number of aliphatic hydroxyl groups is 1. The van der Waals surface area contributed by atoms with E-state index in [1.807, 2.05) is 25.3 Å². The summed E-state index contributed by atoms with van der Waals surface area (Å²) in [6, 6.07) is 10.8. The molecule has 8 heteroatoms. The van der Waals surface area contributed by atoms with Crippen molar-refractivity contribution < 1.29 is 33.3 Å². The Morgan fingerprint density at radius 3 is 2.29 bits per heavy atom. The van der Waals surface area contributed by atoms with E-state index in [1.165, 1.54) is 18.2 Å². The Labute approximate surface area is 202 Å². The van der Waals surface area contributed by atoms with Crippen LogP contribution in [0.25, 0.3) is 16.6 Å². The molecule has 0 saturated carbocycles. The summed E-state index contributed by atoms with van der Waals surface area (Å²) >= 11 is 0. The number of aromatic hydroxyl groups is 1. The molecule has 0 aliphatic rings. The number of rotatable bonds is 11. The van der Waals surface area contributed by atoms with Crippen LogP contribution in [0.3, 0.4) is 0 Å². The number of nitrogens with zero attached hydrogens (tertiary/aromatic N) is 1. The highest BCUT2D eigenvalue weighted by atomic mass is 19.3. The van der Waals surface area contributed by atoms with E-state index in [9.17, 15) is 33.3 Å². The number of aliphatic hydroxyl groups excluding tert-OH is 1. The van der Waals surface area contributed by atoms with Crippen LogP contribution in [-0.2, 0) is 15.6 Å². The van der Waals surface area contributed by atoms with Crippen LogP contribution in [0.5, 0.6) is 5.75 Å². The van der Waals surface area contributed by atoms with Gasteiger partial charge in [0.05, 0.1) is 12.1 Å². The van der Waals surface area contributed by atoms with Gasteiger partial charge in [0, 0.05) is 35.0 Å². The van der Waals surface area contributed by atoms with Crippen molar-refractivity contribution >= 4 is 16.9 Å². The molecule has 0 aliphatic carbocycles. The van der Waals surface area contributed by atoms with Crippen molar-refractivity contribution in [2.24, 2.45) is 0 Å². The van der Waals surface area contributed by atoms with Gasteiger partial charge in [0.2, 0.25) is 6.43 Å². The van der Waals surface area contributed by atoms with E-state index in [0.29, 0.717) is 27.8 Å². The second kappa shape index (κ2) is 10.3. The van der Waals surface area contributed by atoms with Crippen molar-refractivity contribution in [1.29, 1.82) is 0 Å². The van der Waals surface area contributed by atoms with Gasteiger partial charge in [-0.2, -0.15) is 0 Å². The summed E-state index contributed by atoms with van der Waals surface area (Å²) in [7, 11) is 0. The smallest absolute Gasteiger partial charge is 0.303 e. The predicted octanol–water partition coefficient (Wildman–Crippen LogP) is 6.30. The van der Waals surface area contributed by atoms with E-state index in [2.05, 4.69) is 0 Å². The van der Waals surface area contributed by atoms with Gasteiger partial charge in [-0.15, -0.1) is 0 Å². The molecule has 3 N–H and O–H groups in total. The highest BCUT2D eigenvalue weighted by Crippen LogP contribution is 2.49. The largest absolute Gasteiger partial charge is 0.507 e. The van der Waals surface area contributed by atoms with Crippen molar-refractivity contribution in [3.8, 4) is 11.4 Å². The summed E-state index contributed by atoms with van der Waals surface area (Å²) < 4.78 is 41.6. The first-order valence-electron chi connectivity index (χ1n) is 11.7. The van der Waals surface area contributed by atoms with Crippen molar-refractivity contribution in [2.45, 2.75) is 70.1 Å². The lowest BCUT2D eigenvalue weighted by Gasteiger charge is -2.35. The molecule has 1 aromatic heterocycles. The zero-order valence-corrected chi connectivity index (χ0v) is 20.2. The fourth-order valence-electron chi connectivity index (χ4n) is 4.89. The van der Waals surface area contributed by atoms with E-state index in [1.54, 1.807) is 24.3 Å². The van der Waals surface area contributed by atoms with Crippen LogP contribution < -0.4 is 0 Å². The molecular formula is C27H32F3NO4. The third kappa shape index (κ3) is 5.48. The normalized spacial score (nSPS) is 13.9. The van der Waals surface area contributed by atoms with Crippen LogP contribution in [0, 0.1) is 5.82 Å². The number of carboxylic acid groups (broad SMARTS) is 1. The van der Waals surface area contributed by atoms with Gasteiger partial charge in [-0.1, -0.05) is 26.8 Å². The zero-order valence-electron chi connectivity index (χ0n) is 20.2. The first-order chi connectivity index (χ1) is 16.4. The molecule has 3 rings (SSSR count). The van der Waals surface area contributed by atoms with E-state index in [4.69, 9.17) is 0 Å². The first-order valence-corrected chi connectivity index (χ1v) is 11.7. The molecule has 0 aliphatic heterocycles. The number of alkyl halides is 2. The Morgan fingerprint density at radius 1 is 1.06 bits per heavy atom. The molecule has 35 heavy (non-hydrogen) atoms. The Morgan fingerprint density at radius 2 is 1.71 bits per heavy atom. The summed E-state index contributed by atoms with van der Waals surface area (Å²) in [5, 5.41) is 31.3. The summed E-state index contributed by atoms with van der Waals surface area (Å²) in [5.74, 6) is -1.47. The van der Waals surface area contributed by atoms with Gasteiger partial charge in [0.1, 0.15) is 11.6 Å². The SMILES string of the molecule is CC(C)(CO)c1c([C@](C)(CCCC(F)F)CCC(=O)O)c2c(O)cccc2n1-c1ccc(F)cc1. The minimum absolute atomic E-state index is 0.0382. The predicted molar refractivity (Wildman–Crippen MR) is 129 cm³/mol. The second-order valence-electron chi connectivity index (χ2n) is 9.99. The molecule has 2 aromatic carbocycles. The molecule has 0 amide bonds. The molecular weight excluding hydrogens is 459 g/mol. The molecule has 0 radical (unpaired) electrons. The van der Waals surface area contributed by atoms with Crippen LogP contribution in [0.15, 0.2) is 42.5 Å². The van der Waals surface area contributed by atoms with Gasteiger partial charge >= 0.3 is 5.97 Å². The number of carbonyl (C=O) groups is 1. The lowest BCUT2D eigenvalue weighted by Crippen LogP contribution is -2.32. The molecule has 5 nitrogen and oxygen atoms in total. The molecule has 190 valence electrons. The van der Waals surface area contributed by atoms with Crippen molar-refractivity contribution in [1.82, 2.24) is 4.57 Å². The minimum atomic E-state index is -2.49. The fraction of sp³-hybridized carbons (Fsp3) is 0.444. The Bertz CT molecular complexity index is 1190. The van der Waals surface area contributed by atoms with Gasteiger partial charge in [-0.25, -0.2) is 13.2 Å². The number of hydrogen-bond donors (Lipinski definition) is 3. The number of aliphatic carboxylic acids is 1. The molecule has 3 aromatic rings.